The van der Waals surface area contributed by atoms with Gasteiger partial charge in [-0.2, -0.15) is 0 Å². The standard InChI is InChI=1S/C8H10O.H4NO3P/c1-6-4-3-5-8(9)7(6)2;1-5(2,3)4/h3-5,9H,1-2H3;(H4,1,2,3,4). The van der Waals surface area contributed by atoms with Crippen LogP contribution in [0.15, 0.2) is 18.2 Å². The molecule has 0 bridgehead atoms. The van der Waals surface area contributed by atoms with E-state index in [1.807, 2.05) is 26.0 Å². The average molecular weight is 219 g/mol. The van der Waals surface area contributed by atoms with Crippen molar-refractivity contribution < 1.29 is 19.5 Å². The number of aryl methyl sites for hydroxylation is 1. The van der Waals surface area contributed by atoms with Gasteiger partial charge in [0.25, 0.3) is 0 Å². The van der Waals surface area contributed by atoms with E-state index in [0.29, 0.717) is 5.75 Å². The molecule has 0 saturated carbocycles. The van der Waals surface area contributed by atoms with Crippen molar-refractivity contribution in [3.63, 3.8) is 0 Å². The molecule has 0 radical (unpaired) electrons. The summed E-state index contributed by atoms with van der Waals surface area (Å²) in [4.78, 5) is 14.8. The van der Waals surface area contributed by atoms with Crippen molar-refractivity contribution in [2.24, 2.45) is 5.50 Å². The summed E-state index contributed by atoms with van der Waals surface area (Å²) >= 11 is 0. The van der Waals surface area contributed by atoms with Crippen LogP contribution in [0.1, 0.15) is 11.1 Å². The molecule has 0 unspecified atom stereocenters. The summed E-state index contributed by atoms with van der Waals surface area (Å²) in [5.74, 6) is 0.384. The Morgan fingerprint density at radius 3 is 2.00 bits per heavy atom. The molecule has 14 heavy (non-hydrogen) atoms. The smallest absolute Gasteiger partial charge is 0.397 e. The first-order chi connectivity index (χ1) is 6.22. The first-order valence-electron chi connectivity index (χ1n) is 3.81. The van der Waals surface area contributed by atoms with Crippen LogP contribution in [0.2, 0.25) is 0 Å². The zero-order chi connectivity index (χ0) is 11.4. The lowest BCUT2D eigenvalue weighted by atomic mass is 10.1. The molecule has 0 aliphatic heterocycles. The SMILES string of the molecule is Cc1cccc(O)c1C.NP(=O)(O)O. The summed E-state index contributed by atoms with van der Waals surface area (Å²) in [5.41, 5.74) is 6.12. The van der Waals surface area contributed by atoms with Crippen molar-refractivity contribution in [3.05, 3.63) is 29.3 Å². The Balaban J connectivity index is 0.000000292. The van der Waals surface area contributed by atoms with Crippen LogP contribution >= 0.6 is 7.75 Å². The van der Waals surface area contributed by atoms with Gasteiger partial charge >= 0.3 is 7.75 Å². The molecule has 0 aromatic heterocycles. The average Bonchev–Trinajstić information content (AvgIpc) is 1.97. The predicted molar refractivity (Wildman–Crippen MR) is 53.8 cm³/mol. The summed E-state index contributed by atoms with van der Waals surface area (Å²) in [6, 6.07) is 5.52. The van der Waals surface area contributed by atoms with E-state index in [0.717, 1.165) is 11.1 Å². The molecule has 0 amide bonds. The summed E-state index contributed by atoms with van der Waals surface area (Å²) in [7, 11) is -4.14. The number of nitrogens with two attached hydrogens (primary N) is 1. The van der Waals surface area contributed by atoms with E-state index in [1.165, 1.54) is 0 Å². The minimum Gasteiger partial charge on any atom is -0.508 e. The Kier molecular flexibility index (Phi) is 4.80. The molecule has 1 aromatic carbocycles. The van der Waals surface area contributed by atoms with Crippen LogP contribution in [-0.4, -0.2) is 14.9 Å². The molecule has 6 heteroatoms. The fourth-order valence-electron chi connectivity index (χ4n) is 0.736. The normalized spacial score (nSPS) is 10.4. The van der Waals surface area contributed by atoms with Crippen molar-refractivity contribution in [2.45, 2.75) is 13.8 Å². The van der Waals surface area contributed by atoms with Crippen LogP contribution in [-0.2, 0) is 4.57 Å². The molecule has 0 aliphatic carbocycles. The molecule has 1 aromatic rings. The highest BCUT2D eigenvalue weighted by Crippen LogP contribution is 2.20. The first-order valence-corrected chi connectivity index (χ1v) is 5.49. The van der Waals surface area contributed by atoms with Gasteiger partial charge in [0.1, 0.15) is 5.75 Å². The second kappa shape index (κ2) is 5.12. The predicted octanol–water partition coefficient (Wildman–Crippen LogP) is 1.05. The van der Waals surface area contributed by atoms with Gasteiger partial charge in [-0.25, -0.2) is 10.1 Å². The third-order valence-electron chi connectivity index (χ3n) is 1.58. The van der Waals surface area contributed by atoms with Gasteiger partial charge in [0.15, 0.2) is 0 Å². The lowest BCUT2D eigenvalue weighted by Gasteiger charge is -1.99. The van der Waals surface area contributed by atoms with E-state index in [4.69, 9.17) is 19.5 Å². The molecule has 0 heterocycles. The quantitative estimate of drug-likeness (QED) is 0.488. The fourth-order valence-corrected chi connectivity index (χ4v) is 0.736. The number of hydrogen-bond donors (Lipinski definition) is 4. The lowest BCUT2D eigenvalue weighted by Crippen LogP contribution is -1.87. The van der Waals surface area contributed by atoms with Gasteiger partial charge in [0.05, 0.1) is 0 Å². The van der Waals surface area contributed by atoms with Crippen LogP contribution in [0, 0.1) is 13.8 Å². The zero-order valence-corrected chi connectivity index (χ0v) is 8.90. The van der Waals surface area contributed by atoms with Gasteiger partial charge in [0, 0.05) is 0 Å². The Morgan fingerprint density at radius 1 is 1.29 bits per heavy atom. The highest BCUT2D eigenvalue weighted by atomic mass is 31.2. The van der Waals surface area contributed by atoms with Crippen LogP contribution in [0.3, 0.4) is 0 Å². The molecule has 0 aliphatic rings. The second-order valence-electron chi connectivity index (χ2n) is 2.81. The zero-order valence-electron chi connectivity index (χ0n) is 8.01. The maximum Gasteiger partial charge on any atom is 0.397 e. The Labute approximate surface area is 82.4 Å². The third kappa shape index (κ3) is 6.62. The van der Waals surface area contributed by atoms with Gasteiger partial charge < -0.3 is 14.9 Å². The largest absolute Gasteiger partial charge is 0.508 e. The van der Waals surface area contributed by atoms with Gasteiger partial charge in [-0.05, 0) is 31.0 Å². The Hall–Kier alpha value is -0.870. The summed E-state index contributed by atoms with van der Waals surface area (Å²) in [6.45, 7) is 3.89. The monoisotopic (exact) mass is 219 g/mol. The van der Waals surface area contributed by atoms with E-state index in [-0.39, 0.29) is 0 Å². The highest BCUT2D eigenvalue weighted by Gasteiger charge is 1.96. The Bertz CT molecular complexity index is 319. The summed E-state index contributed by atoms with van der Waals surface area (Å²) in [6.07, 6.45) is 0. The number of benzene rings is 1. The molecule has 0 saturated heterocycles. The van der Waals surface area contributed by atoms with Crippen molar-refractivity contribution in [1.82, 2.24) is 0 Å². The van der Waals surface area contributed by atoms with E-state index in [1.54, 1.807) is 6.07 Å². The van der Waals surface area contributed by atoms with Crippen molar-refractivity contribution in [2.75, 3.05) is 0 Å². The summed E-state index contributed by atoms with van der Waals surface area (Å²) < 4.78 is 9.10. The summed E-state index contributed by atoms with van der Waals surface area (Å²) in [5, 5.41) is 9.10. The third-order valence-corrected chi connectivity index (χ3v) is 1.58. The van der Waals surface area contributed by atoms with Gasteiger partial charge in [-0.3, -0.25) is 0 Å². The van der Waals surface area contributed by atoms with Gasteiger partial charge in [-0.15, -0.1) is 0 Å². The van der Waals surface area contributed by atoms with E-state index in [9.17, 15) is 0 Å². The van der Waals surface area contributed by atoms with E-state index < -0.39 is 7.75 Å². The molecule has 0 atom stereocenters. The fraction of sp³-hybridized carbons (Fsp3) is 0.250. The lowest BCUT2D eigenvalue weighted by molar-refractivity contribution is 0.374. The van der Waals surface area contributed by atoms with Crippen LogP contribution in [0.25, 0.3) is 0 Å². The molecule has 5 N–H and O–H groups in total. The first kappa shape index (κ1) is 13.1. The van der Waals surface area contributed by atoms with Crippen molar-refractivity contribution >= 4 is 7.75 Å². The van der Waals surface area contributed by atoms with Crippen LogP contribution in [0.4, 0.5) is 0 Å². The van der Waals surface area contributed by atoms with Crippen LogP contribution in [0.5, 0.6) is 5.75 Å². The number of phenols is 1. The topological polar surface area (TPSA) is 104 Å². The Morgan fingerprint density at radius 2 is 1.71 bits per heavy atom. The maximum absolute atomic E-state index is 9.10. The minimum atomic E-state index is -4.14. The van der Waals surface area contributed by atoms with Gasteiger partial charge in [-0.1, -0.05) is 12.1 Å². The van der Waals surface area contributed by atoms with Crippen LogP contribution < -0.4 is 5.50 Å². The van der Waals surface area contributed by atoms with Crippen molar-refractivity contribution in [1.29, 1.82) is 0 Å². The molecule has 0 spiro atoms. The molecule has 5 nitrogen and oxygen atoms in total. The number of hydrogen-bond acceptors (Lipinski definition) is 2. The highest BCUT2D eigenvalue weighted by molar-refractivity contribution is 7.49. The van der Waals surface area contributed by atoms with Crippen molar-refractivity contribution in [3.8, 4) is 5.75 Å². The van der Waals surface area contributed by atoms with E-state index in [2.05, 4.69) is 5.50 Å². The maximum atomic E-state index is 9.10. The molecule has 1 rings (SSSR count). The van der Waals surface area contributed by atoms with Gasteiger partial charge in [0.2, 0.25) is 0 Å². The molecule has 0 fully saturated rings. The number of aromatic hydroxyl groups is 1. The number of rotatable bonds is 0. The minimum absolute atomic E-state index is 0.384. The number of phenolic OH excluding ortho intramolecular Hbond substituents is 1. The second-order valence-corrected chi connectivity index (χ2v) is 3.99. The molecular weight excluding hydrogens is 205 g/mol. The molecular formula is C8H14NO4P. The van der Waals surface area contributed by atoms with E-state index >= 15 is 0 Å². The molecule has 80 valence electrons.